The predicted octanol–water partition coefficient (Wildman–Crippen LogP) is 3.55. The van der Waals surface area contributed by atoms with Crippen LogP contribution in [0.5, 0.6) is 0 Å². The molecular formula is C20H17ClN4O4S. The molecule has 0 saturated heterocycles. The summed E-state index contributed by atoms with van der Waals surface area (Å²) in [5.74, 6) is 0.444. The van der Waals surface area contributed by atoms with E-state index < -0.39 is 15.9 Å². The maximum atomic E-state index is 12.6. The Bertz CT molecular complexity index is 1310. The summed E-state index contributed by atoms with van der Waals surface area (Å²) >= 11 is 5.99. The van der Waals surface area contributed by atoms with Crippen molar-refractivity contribution in [3.63, 3.8) is 0 Å². The second-order valence-corrected chi connectivity index (χ2v) is 8.71. The molecule has 30 heavy (non-hydrogen) atoms. The van der Waals surface area contributed by atoms with Crippen LogP contribution in [0.2, 0.25) is 5.02 Å². The van der Waals surface area contributed by atoms with Gasteiger partial charge in [0.2, 0.25) is 16.0 Å². The van der Waals surface area contributed by atoms with Crippen molar-refractivity contribution in [2.45, 2.75) is 11.4 Å². The highest BCUT2D eigenvalue weighted by atomic mass is 35.5. The molecule has 4 rings (SSSR count). The van der Waals surface area contributed by atoms with Crippen LogP contribution in [0.15, 0.2) is 70.2 Å². The van der Waals surface area contributed by atoms with Gasteiger partial charge in [0.15, 0.2) is 0 Å². The van der Waals surface area contributed by atoms with E-state index >= 15 is 0 Å². The molecule has 0 aliphatic heterocycles. The summed E-state index contributed by atoms with van der Waals surface area (Å²) in [5, 5.41) is 3.28. The molecule has 0 unspecified atom stereocenters. The lowest BCUT2D eigenvalue weighted by Crippen LogP contribution is -2.23. The first-order valence-corrected chi connectivity index (χ1v) is 10.7. The van der Waals surface area contributed by atoms with Crippen molar-refractivity contribution in [3.05, 3.63) is 77.2 Å². The van der Waals surface area contributed by atoms with Gasteiger partial charge in [-0.1, -0.05) is 11.6 Å². The van der Waals surface area contributed by atoms with Gasteiger partial charge in [-0.05, 0) is 54.6 Å². The molecule has 8 nitrogen and oxygen atoms in total. The fraction of sp³-hybridized carbons (Fsp3) is 0.100. The number of imidazole rings is 1. The van der Waals surface area contributed by atoms with Gasteiger partial charge in [0.1, 0.15) is 5.76 Å². The van der Waals surface area contributed by atoms with E-state index in [2.05, 4.69) is 15.0 Å². The SMILES string of the molecule is Cn1c(NC(=O)c2ccc(S(=O)(=O)NCc3ccco3)cc2)nc2cc(Cl)ccc21. The Balaban J connectivity index is 1.48. The summed E-state index contributed by atoms with van der Waals surface area (Å²) < 4.78 is 34.1. The van der Waals surface area contributed by atoms with Crippen LogP contribution in [-0.4, -0.2) is 23.9 Å². The third-order valence-corrected chi connectivity index (χ3v) is 6.16. The van der Waals surface area contributed by atoms with Gasteiger partial charge in [-0.2, -0.15) is 0 Å². The molecule has 2 N–H and O–H groups in total. The average Bonchev–Trinajstić information content (AvgIpc) is 3.35. The van der Waals surface area contributed by atoms with Crippen LogP contribution in [-0.2, 0) is 23.6 Å². The molecule has 0 spiro atoms. The number of furan rings is 1. The van der Waals surface area contributed by atoms with Crippen molar-refractivity contribution in [2.75, 3.05) is 5.32 Å². The summed E-state index contributed by atoms with van der Waals surface area (Å²) in [5.41, 5.74) is 1.77. The summed E-state index contributed by atoms with van der Waals surface area (Å²) in [6, 6.07) is 14.2. The van der Waals surface area contributed by atoms with Crippen LogP contribution in [0.3, 0.4) is 0 Å². The summed E-state index contributed by atoms with van der Waals surface area (Å²) in [6.07, 6.45) is 1.47. The van der Waals surface area contributed by atoms with E-state index in [1.165, 1.54) is 30.5 Å². The first kappa shape index (κ1) is 20.1. The Kier molecular flexibility index (Phi) is 5.33. The first-order chi connectivity index (χ1) is 14.3. The Morgan fingerprint density at radius 1 is 1.17 bits per heavy atom. The second kappa shape index (κ2) is 7.94. The molecule has 4 aromatic rings. The number of rotatable bonds is 6. The minimum atomic E-state index is -3.74. The Labute approximate surface area is 177 Å². The predicted molar refractivity (Wildman–Crippen MR) is 113 cm³/mol. The van der Waals surface area contributed by atoms with Gasteiger partial charge in [-0.15, -0.1) is 0 Å². The van der Waals surface area contributed by atoms with E-state index in [1.807, 2.05) is 6.07 Å². The number of carbonyl (C=O) groups is 1. The van der Waals surface area contributed by atoms with Crippen molar-refractivity contribution >= 4 is 44.5 Å². The van der Waals surface area contributed by atoms with E-state index in [9.17, 15) is 13.2 Å². The fourth-order valence-electron chi connectivity index (χ4n) is 2.91. The number of benzene rings is 2. The van der Waals surface area contributed by atoms with Crippen LogP contribution in [0, 0.1) is 0 Å². The Morgan fingerprint density at radius 2 is 1.93 bits per heavy atom. The number of hydrogen-bond acceptors (Lipinski definition) is 5. The van der Waals surface area contributed by atoms with Crippen LogP contribution in [0.1, 0.15) is 16.1 Å². The van der Waals surface area contributed by atoms with Crippen LogP contribution < -0.4 is 10.0 Å². The zero-order valence-electron chi connectivity index (χ0n) is 15.8. The van der Waals surface area contributed by atoms with Gasteiger partial charge in [0, 0.05) is 17.6 Å². The number of nitrogens with one attached hydrogen (secondary N) is 2. The lowest BCUT2D eigenvalue weighted by Gasteiger charge is -2.08. The molecule has 0 saturated carbocycles. The van der Waals surface area contributed by atoms with Gasteiger partial charge in [0.25, 0.3) is 5.91 Å². The van der Waals surface area contributed by atoms with Crippen LogP contribution >= 0.6 is 11.6 Å². The highest BCUT2D eigenvalue weighted by molar-refractivity contribution is 7.89. The van der Waals surface area contributed by atoms with Crippen LogP contribution in [0.25, 0.3) is 11.0 Å². The second-order valence-electron chi connectivity index (χ2n) is 6.51. The minimum absolute atomic E-state index is 0.0360. The van der Waals surface area contributed by atoms with E-state index in [0.717, 1.165) is 5.52 Å². The minimum Gasteiger partial charge on any atom is -0.468 e. The number of halogens is 1. The topological polar surface area (TPSA) is 106 Å². The molecule has 154 valence electrons. The fourth-order valence-corrected chi connectivity index (χ4v) is 4.07. The number of sulfonamides is 1. The van der Waals surface area contributed by atoms with Gasteiger partial charge in [-0.25, -0.2) is 18.1 Å². The molecule has 0 aliphatic rings. The van der Waals surface area contributed by atoms with E-state index in [0.29, 0.717) is 27.8 Å². The molecule has 1 amide bonds. The van der Waals surface area contributed by atoms with E-state index in [1.54, 1.807) is 35.9 Å². The molecule has 0 bridgehead atoms. The normalized spacial score (nSPS) is 11.7. The Morgan fingerprint density at radius 3 is 2.63 bits per heavy atom. The third-order valence-electron chi connectivity index (χ3n) is 4.51. The Hall–Kier alpha value is -3.14. The molecule has 2 heterocycles. The number of nitrogens with zero attached hydrogens (tertiary/aromatic N) is 2. The standard InChI is InChI=1S/C20H17ClN4O4S/c1-25-18-9-6-14(21)11-17(18)23-20(25)24-19(26)13-4-7-16(8-5-13)30(27,28)22-12-15-3-2-10-29-15/h2-11,22H,12H2,1H3,(H,23,24,26). The number of carbonyl (C=O) groups excluding carboxylic acids is 1. The lowest BCUT2D eigenvalue weighted by atomic mass is 10.2. The monoisotopic (exact) mass is 444 g/mol. The van der Waals surface area contributed by atoms with Gasteiger partial charge in [0.05, 0.1) is 28.7 Å². The molecule has 0 aliphatic carbocycles. The number of amides is 1. The van der Waals surface area contributed by atoms with Gasteiger partial charge < -0.3 is 8.98 Å². The molecule has 0 atom stereocenters. The van der Waals surface area contributed by atoms with Crippen molar-refractivity contribution in [1.82, 2.24) is 14.3 Å². The van der Waals surface area contributed by atoms with Crippen molar-refractivity contribution in [3.8, 4) is 0 Å². The molecule has 2 aromatic heterocycles. The largest absolute Gasteiger partial charge is 0.468 e. The highest BCUT2D eigenvalue weighted by Gasteiger charge is 2.17. The molecule has 0 fully saturated rings. The van der Waals surface area contributed by atoms with Crippen molar-refractivity contribution < 1.29 is 17.6 Å². The molecule has 10 heteroatoms. The first-order valence-electron chi connectivity index (χ1n) is 8.89. The van der Waals surface area contributed by atoms with Crippen molar-refractivity contribution in [1.29, 1.82) is 0 Å². The number of aromatic nitrogens is 2. The molecular weight excluding hydrogens is 428 g/mol. The zero-order valence-corrected chi connectivity index (χ0v) is 17.4. The highest BCUT2D eigenvalue weighted by Crippen LogP contribution is 2.22. The summed E-state index contributed by atoms with van der Waals surface area (Å²) in [6.45, 7) is 0.0360. The summed E-state index contributed by atoms with van der Waals surface area (Å²) in [4.78, 5) is 17.0. The quantitative estimate of drug-likeness (QED) is 0.473. The molecule has 0 radical (unpaired) electrons. The third kappa shape index (κ3) is 4.09. The number of fused-ring (bicyclic) bond motifs is 1. The van der Waals surface area contributed by atoms with E-state index in [4.69, 9.17) is 16.0 Å². The van der Waals surface area contributed by atoms with E-state index in [-0.39, 0.29) is 11.4 Å². The van der Waals surface area contributed by atoms with Gasteiger partial charge in [-0.3, -0.25) is 10.1 Å². The van der Waals surface area contributed by atoms with Gasteiger partial charge >= 0.3 is 0 Å². The summed E-state index contributed by atoms with van der Waals surface area (Å²) in [7, 11) is -1.96. The van der Waals surface area contributed by atoms with Crippen LogP contribution in [0.4, 0.5) is 5.95 Å². The number of hydrogen-bond donors (Lipinski definition) is 2. The maximum Gasteiger partial charge on any atom is 0.257 e. The van der Waals surface area contributed by atoms with Crippen molar-refractivity contribution in [2.24, 2.45) is 7.05 Å². The lowest BCUT2D eigenvalue weighted by molar-refractivity contribution is 0.102. The molecule has 2 aromatic carbocycles. The number of aryl methyl sites for hydroxylation is 1. The zero-order chi connectivity index (χ0) is 21.3. The maximum absolute atomic E-state index is 12.6. The number of anilines is 1. The smallest absolute Gasteiger partial charge is 0.257 e. The average molecular weight is 445 g/mol.